The summed E-state index contributed by atoms with van der Waals surface area (Å²) in [6.07, 6.45) is 1.05. The van der Waals surface area contributed by atoms with Gasteiger partial charge in [0.2, 0.25) is 0 Å². The van der Waals surface area contributed by atoms with Gasteiger partial charge in [0, 0.05) is 0 Å². The summed E-state index contributed by atoms with van der Waals surface area (Å²) < 4.78 is 27.1. The quantitative estimate of drug-likeness (QED) is 0.404. The van der Waals surface area contributed by atoms with E-state index in [1.165, 1.54) is 0 Å². The zero-order chi connectivity index (χ0) is 9.83. The van der Waals surface area contributed by atoms with Crippen LogP contribution in [0.15, 0.2) is 12.7 Å². The Morgan fingerprint density at radius 3 is 2.17 bits per heavy atom. The first-order valence-electron chi connectivity index (χ1n) is 2.57. The highest BCUT2D eigenvalue weighted by molar-refractivity contribution is 7.58. The number of phosphoric acid groups is 2. The van der Waals surface area contributed by atoms with Crippen LogP contribution >= 0.6 is 15.6 Å². The minimum atomic E-state index is -5.56. The van der Waals surface area contributed by atoms with Crippen LogP contribution in [0, 0.1) is 0 Å². The first-order chi connectivity index (χ1) is 5.27. The second-order valence-electron chi connectivity index (χ2n) is 1.56. The lowest BCUT2D eigenvalue weighted by Gasteiger charge is -2.34. The van der Waals surface area contributed by atoms with Gasteiger partial charge in [-0.3, -0.25) is 8.88 Å². The summed E-state index contributed by atoms with van der Waals surface area (Å²) in [5.74, 6) is 0. The van der Waals surface area contributed by atoms with Crippen molar-refractivity contribution in [1.82, 2.24) is 0 Å². The lowest BCUT2D eigenvalue weighted by atomic mass is 10.7. The molecule has 0 aromatic carbocycles. The fourth-order valence-corrected chi connectivity index (χ4v) is 1.75. The first kappa shape index (κ1) is 12.0. The number of hydrogen-bond donors (Lipinski definition) is 0. The highest BCUT2D eigenvalue weighted by atomic mass is 31.3. The summed E-state index contributed by atoms with van der Waals surface area (Å²) >= 11 is 0. The van der Waals surface area contributed by atoms with Gasteiger partial charge in [0.05, 0.1) is 14.4 Å². The van der Waals surface area contributed by atoms with Crippen LogP contribution in [-0.2, 0) is 18.0 Å². The van der Waals surface area contributed by atoms with Gasteiger partial charge in [-0.25, -0.2) is 0 Å². The van der Waals surface area contributed by atoms with E-state index in [2.05, 4.69) is 15.4 Å². The fraction of sp³-hybridized carbons (Fsp3) is 0.333. The van der Waals surface area contributed by atoms with Gasteiger partial charge in [0.1, 0.15) is 0 Å². The minimum absolute atomic E-state index is 0.458. The Labute approximate surface area is 68.5 Å². The summed E-state index contributed by atoms with van der Waals surface area (Å²) in [6.45, 7) is 2.64. The average Bonchev–Trinajstić information content (AvgIpc) is 1.78. The van der Waals surface area contributed by atoms with Crippen molar-refractivity contribution in [3.63, 3.8) is 0 Å². The monoisotopic (exact) mass is 215 g/mol. The molecule has 0 saturated carbocycles. The van der Waals surface area contributed by atoms with E-state index in [0.717, 1.165) is 6.08 Å². The molecule has 0 aliphatic carbocycles. The molecule has 0 N–H and O–H groups in total. The Balaban J connectivity index is 4.14. The molecule has 12 heavy (non-hydrogen) atoms. The topological polar surface area (TPSA) is 122 Å². The highest BCUT2D eigenvalue weighted by Gasteiger charge is 2.09. The second-order valence-corrected chi connectivity index (χ2v) is 4.26. The van der Waals surface area contributed by atoms with E-state index < -0.39 is 22.3 Å². The molecule has 0 aromatic rings. The molecule has 0 aliphatic heterocycles. The zero-order valence-corrected chi connectivity index (χ0v) is 7.53. The lowest BCUT2D eigenvalue weighted by Crippen LogP contribution is -2.19. The molecular formula is C3H5O7P2-3. The molecule has 0 saturated heterocycles. The molecule has 72 valence electrons. The molecule has 0 aromatic heterocycles. The van der Waals surface area contributed by atoms with Gasteiger partial charge in [0.15, 0.2) is 0 Å². The minimum Gasteiger partial charge on any atom is -0.790 e. The summed E-state index contributed by atoms with van der Waals surface area (Å²) in [7, 11) is -10.6. The third-order valence-corrected chi connectivity index (χ3v) is 2.62. The Kier molecular flexibility index (Phi) is 4.30. The van der Waals surface area contributed by atoms with E-state index >= 15 is 0 Å². The highest BCUT2D eigenvalue weighted by Crippen LogP contribution is 2.50. The van der Waals surface area contributed by atoms with Crippen LogP contribution in [0.2, 0.25) is 0 Å². The van der Waals surface area contributed by atoms with Crippen molar-refractivity contribution in [2.45, 2.75) is 0 Å². The zero-order valence-electron chi connectivity index (χ0n) is 5.74. The predicted octanol–water partition coefficient (Wildman–Crippen LogP) is -1.50. The van der Waals surface area contributed by atoms with Crippen molar-refractivity contribution in [3.8, 4) is 0 Å². The van der Waals surface area contributed by atoms with Crippen molar-refractivity contribution in [1.29, 1.82) is 0 Å². The summed E-state index contributed by atoms with van der Waals surface area (Å²) in [5, 5.41) is 0. The van der Waals surface area contributed by atoms with Gasteiger partial charge in [-0.15, -0.1) is 6.58 Å². The molecule has 0 spiro atoms. The standard InChI is InChI=1S/C3H8O7P2/c1-2-3-9-12(7,8)10-11(4,5)6/h2H,1,3H2,(H,7,8)(H2,4,5,6)/p-3. The summed E-state index contributed by atoms with van der Waals surface area (Å²) in [6, 6.07) is 0. The third-order valence-electron chi connectivity index (χ3n) is 0.551. The molecule has 0 rings (SSSR count). The van der Waals surface area contributed by atoms with Crippen LogP contribution in [0.5, 0.6) is 0 Å². The largest absolute Gasteiger partial charge is 0.790 e. The first-order valence-corrected chi connectivity index (χ1v) is 5.49. The molecule has 0 bridgehead atoms. The summed E-state index contributed by atoms with van der Waals surface area (Å²) in [5.41, 5.74) is 0. The van der Waals surface area contributed by atoms with Gasteiger partial charge in [-0.1, -0.05) is 6.08 Å². The molecule has 0 heterocycles. The Bertz CT molecular complexity index is 241. The molecule has 0 fully saturated rings. The van der Waals surface area contributed by atoms with E-state index in [-0.39, 0.29) is 0 Å². The second kappa shape index (κ2) is 4.30. The SMILES string of the molecule is C=CCOP(=O)([O-])OP(=O)([O-])[O-]. The molecule has 0 amide bonds. The predicted molar refractivity (Wildman–Crippen MR) is 32.4 cm³/mol. The average molecular weight is 215 g/mol. The number of hydrogen-bond acceptors (Lipinski definition) is 7. The van der Waals surface area contributed by atoms with Crippen molar-refractivity contribution < 1.29 is 32.6 Å². The van der Waals surface area contributed by atoms with Gasteiger partial charge in [-0.2, -0.15) is 0 Å². The van der Waals surface area contributed by atoms with E-state index in [0.29, 0.717) is 0 Å². The molecular weight excluding hydrogens is 210 g/mol. The maximum absolute atomic E-state index is 10.4. The molecule has 1 unspecified atom stereocenters. The van der Waals surface area contributed by atoms with Gasteiger partial charge in [0.25, 0.3) is 7.82 Å². The molecule has 9 heteroatoms. The van der Waals surface area contributed by atoms with Gasteiger partial charge < -0.3 is 23.8 Å². The fourth-order valence-electron chi connectivity index (χ4n) is 0.290. The maximum Gasteiger partial charge on any atom is 0.272 e. The number of phosphoric ester groups is 1. The van der Waals surface area contributed by atoms with Gasteiger partial charge >= 0.3 is 0 Å². The maximum atomic E-state index is 10.4. The van der Waals surface area contributed by atoms with Crippen molar-refractivity contribution >= 4 is 15.6 Å². The van der Waals surface area contributed by atoms with Crippen LogP contribution in [0.3, 0.4) is 0 Å². The van der Waals surface area contributed by atoms with Crippen molar-refractivity contribution in [3.05, 3.63) is 12.7 Å². The number of rotatable bonds is 5. The molecule has 0 aliphatic rings. The molecule has 1 atom stereocenters. The van der Waals surface area contributed by atoms with Crippen molar-refractivity contribution in [2.75, 3.05) is 6.61 Å². The Hall–Kier alpha value is -0.0000000000000000416. The smallest absolute Gasteiger partial charge is 0.272 e. The van der Waals surface area contributed by atoms with Crippen LogP contribution in [-0.4, -0.2) is 6.61 Å². The molecule has 0 radical (unpaired) electrons. The summed E-state index contributed by atoms with van der Waals surface area (Å²) in [4.78, 5) is 29.9. The van der Waals surface area contributed by atoms with Crippen LogP contribution in [0.4, 0.5) is 0 Å². The van der Waals surface area contributed by atoms with Crippen LogP contribution in [0.1, 0.15) is 0 Å². The lowest BCUT2D eigenvalue weighted by molar-refractivity contribution is -0.339. The van der Waals surface area contributed by atoms with Crippen LogP contribution < -0.4 is 14.7 Å². The Morgan fingerprint density at radius 2 is 1.83 bits per heavy atom. The van der Waals surface area contributed by atoms with E-state index in [9.17, 15) is 23.8 Å². The van der Waals surface area contributed by atoms with E-state index in [1.807, 2.05) is 0 Å². The molecule has 7 nitrogen and oxygen atoms in total. The Morgan fingerprint density at radius 1 is 1.33 bits per heavy atom. The normalized spacial score (nSPS) is 16.9. The van der Waals surface area contributed by atoms with Crippen molar-refractivity contribution in [2.24, 2.45) is 0 Å². The van der Waals surface area contributed by atoms with Crippen LogP contribution in [0.25, 0.3) is 0 Å². The van der Waals surface area contributed by atoms with E-state index in [4.69, 9.17) is 0 Å². The van der Waals surface area contributed by atoms with E-state index in [1.54, 1.807) is 0 Å². The van der Waals surface area contributed by atoms with Gasteiger partial charge in [-0.05, 0) is 0 Å². The third kappa shape index (κ3) is 6.69.